The van der Waals surface area contributed by atoms with Crippen molar-refractivity contribution in [3.8, 4) is 0 Å². The van der Waals surface area contributed by atoms with Crippen molar-refractivity contribution in [2.24, 2.45) is 4.40 Å². The molecule has 2 N–H and O–H groups in total. The maximum Gasteiger partial charge on any atom is 0.302 e. The number of sulfonamides is 1. The van der Waals surface area contributed by atoms with Gasteiger partial charge >= 0.3 is 6.02 Å². The normalized spacial score (nSPS) is 17.9. The summed E-state index contributed by atoms with van der Waals surface area (Å²) in [6.45, 7) is 0. The molecule has 0 aromatic heterocycles. The number of anilines is 1. The lowest BCUT2D eigenvalue weighted by Gasteiger charge is -2.15. The molecule has 0 aliphatic carbocycles. The third-order valence-corrected chi connectivity index (χ3v) is 3.91. The molecule has 74 valence electrons. The van der Waals surface area contributed by atoms with Crippen LogP contribution in [0.15, 0.2) is 27.5 Å². The Hall–Kier alpha value is -0.830. The van der Waals surface area contributed by atoms with Crippen LogP contribution < -0.4 is 5.32 Å². The first-order valence-electron chi connectivity index (χ1n) is 3.60. The summed E-state index contributed by atoms with van der Waals surface area (Å²) in [4.78, 5) is 0.0854. The molecule has 7 heteroatoms. The van der Waals surface area contributed by atoms with Crippen molar-refractivity contribution in [1.82, 2.24) is 0 Å². The van der Waals surface area contributed by atoms with E-state index in [4.69, 9.17) is 5.11 Å². The van der Waals surface area contributed by atoms with Gasteiger partial charge in [-0.3, -0.25) is 0 Å². The van der Waals surface area contributed by atoms with Crippen molar-refractivity contribution < 1.29 is 13.5 Å². The number of aliphatic hydroxyl groups excluding tert-OH is 1. The highest BCUT2D eigenvalue weighted by atomic mass is 127. The predicted molar refractivity (Wildman–Crippen MR) is 60.0 cm³/mol. The molecule has 0 spiro atoms. The van der Waals surface area contributed by atoms with Crippen LogP contribution in [0.4, 0.5) is 5.69 Å². The average Bonchev–Trinajstić information content (AvgIpc) is 2.05. The van der Waals surface area contributed by atoms with Gasteiger partial charge in [0.15, 0.2) is 0 Å². The highest BCUT2D eigenvalue weighted by Crippen LogP contribution is 2.30. The van der Waals surface area contributed by atoms with E-state index in [2.05, 4.69) is 9.71 Å². The topological polar surface area (TPSA) is 78.8 Å². The van der Waals surface area contributed by atoms with Gasteiger partial charge in [-0.15, -0.1) is 4.40 Å². The van der Waals surface area contributed by atoms with Crippen LogP contribution in [0.1, 0.15) is 0 Å². The largest absolute Gasteiger partial charge is 0.480 e. The second-order valence-corrected chi connectivity index (χ2v) is 5.36. The number of nitrogens with zero attached hydrogens (tertiary/aromatic N) is 1. The predicted octanol–water partition coefficient (Wildman–Crippen LogP) is 1.32. The lowest BCUT2D eigenvalue weighted by Crippen LogP contribution is -2.21. The van der Waals surface area contributed by atoms with E-state index in [0.29, 0.717) is 9.26 Å². The van der Waals surface area contributed by atoms with Crippen LogP contribution >= 0.6 is 22.6 Å². The summed E-state index contributed by atoms with van der Waals surface area (Å²) in [5, 5.41) is 11.6. The van der Waals surface area contributed by atoms with Gasteiger partial charge in [-0.05, 0) is 34.7 Å². The van der Waals surface area contributed by atoms with Crippen molar-refractivity contribution in [3.05, 3.63) is 21.8 Å². The van der Waals surface area contributed by atoms with Gasteiger partial charge in [-0.2, -0.15) is 8.42 Å². The van der Waals surface area contributed by atoms with Crippen LogP contribution in [0.3, 0.4) is 0 Å². The summed E-state index contributed by atoms with van der Waals surface area (Å²) < 4.78 is 26.7. The summed E-state index contributed by atoms with van der Waals surface area (Å²) in [7, 11) is -3.74. The zero-order valence-electron chi connectivity index (χ0n) is 6.73. The summed E-state index contributed by atoms with van der Waals surface area (Å²) in [5.41, 5.74) is 0.376. The van der Waals surface area contributed by atoms with Crippen molar-refractivity contribution in [2.75, 3.05) is 5.32 Å². The minimum atomic E-state index is -3.74. The van der Waals surface area contributed by atoms with Gasteiger partial charge in [0.2, 0.25) is 0 Å². The Bertz CT molecular complexity index is 524. The van der Waals surface area contributed by atoms with E-state index in [1.165, 1.54) is 6.07 Å². The molecule has 0 fully saturated rings. The quantitative estimate of drug-likeness (QED) is 0.706. The SMILES string of the molecule is O=S1(=O)N=C(O)Nc2c(I)cccc21. The summed E-state index contributed by atoms with van der Waals surface area (Å²) in [6.07, 6.45) is 0. The first-order chi connectivity index (χ1) is 6.50. The molecule has 0 saturated carbocycles. The Balaban J connectivity index is 2.78. The second kappa shape index (κ2) is 3.09. The number of hydrogen-bond acceptors (Lipinski definition) is 3. The molecule has 1 aliphatic rings. The van der Waals surface area contributed by atoms with Crippen molar-refractivity contribution >= 4 is 44.3 Å². The first kappa shape index (κ1) is 9.71. The molecular formula is C7H5IN2O3S. The molecule has 0 bridgehead atoms. The molecule has 1 aromatic rings. The molecule has 0 amide bonds. The Morgan fingerprint density at radius 1 is 1.43 bits per heavy atom. The van der Waals surface area contributed by atoms with Crippen molar-refractivity contribution in [1.29, 1.82) is 0 Å². The van der Waals surface area contributed by atoms with Gasteiger partial charge in [0.05, 0.1) is 5.69 Å². The number of fused-ring (bicyclic) bond motifs is 1. The fourth-order valence-corrected chi connectivity index (χ4v) is 3.00. The monoisotopic (exact) mass is 324 g/mol. The number of hydrogen-bond donors (Lipinski definition) is 2. The smallest absolute Gasteiger partial charge is 0.302 e. The molecule has 0 radical (unpaired) electrons. The molecule has 0 atom stereocenters. The van der Waals surface area contributed by atoms with Crippen molar-refractivity contribution in [2.45, 2.75) is 4.90 Å². The molecule has 14 heavy (non-hydrogen) atoms. The van der Waals surface area contributed by atoms with E-state index in [-0.39, 0.29) is 4.90 Å². The average molecular weight is 324 g/mol. The van der Waals surface area contributed by atoms with Gasteiger partial charge in [0.25, 0.3) is 10.0 Å². The van der Waals surface area contributed by atoms with E-state index in [9.17, 15) is 8.42 Å². The fourth-order valence-electron chi connectivity index (χ4n) is 1.14. The fraction of sp³-hybridized carbons (Fsp3) is 0. The number of para-hydroxylation sites is 1. The van der Waals surface area contributed by atoms with Gasteiger partial charge in [0.1, 0.15) is 4.90 Å². The Labute approximate surface area is 94.1 Å². The number of halogens is 1. The van der Waals surface area contributed by atoms with Crippen LogP contribution in [0, 0.1) is 3.57 Å². The number of rotatable bonds is 0. The standard InChI is InChI=1S/C7H5IN2O3S/c8-4-2-1-3-5-6(4)9-7(11)10-14(5,12)13/h1-3H,(H2,9,10,11). The molecule has 1 aliphatic heterocycles. The van der Waals surface area contributed by atoms with Crippen LogP contribution in [0.25, 0.3) is 0 Å². The number of benzene rings is 1. The molecule has 1 aromatic carbocycles. The molecular weight excluding hydrogens is 319 g/mol. The Kier molecular flexibility index (Phi) is 2.14. The van der Waals surface area contributed by atoms with Crippen molar-refractivity contribution in [3.63, 3.8) is 0 Å². The number of amidine groups is 1. The van der Waals surface area contributed by atoms with Gasteiger partial charge in [0, 0.05) is 3.57 Å². The van der Waals surface area contributed by atoms with Crippen LogP contribution in [0.2, 0.25) is 0 Å². The zero-order valence-corrected chi connectivity index (χ0v) is 9.70. The Morgan fingerprint density at radius 3 is 2.86 bits per heavy atom. The van der Waals surface area contributed by atoms with Crippen LogP contribution in [-0.4, -0.2) is 19.5 Å². The van der Waals surface area contributed by atoms with Crippen LogP contribution in [0.5, 0.6) is 0 Å². The summed E-state index contributed by atoms with van der Waals surface area (Å²) >= 11 is 1.98. The summed E-state index contributed by atoms with van der Waals surface area (Å²) in [5.74, 6) is 0. The number of aliphatic hydroxyl groups is 1. The first-order valence-corrected chi connectivity index (χ1v) is 6.12. The van der Waals surface area contributed by atoms with E-state index >= 15 is 0 Å². The lowest BCUT2D eigenvalue weighted by atomic mass is 10.3. The Morgan fingerprint density at radius 2 is 2.14 bits per heavy atom. The third-order valence-electron chi connectivity index (χ3n) is 1.70. The van der Waals surface area contributed by atoms with Gasteiger partial charge < -0.3 is 10.4 Å². The maximum atomic E-state index is 11.4. The van der Waals surface area contributed by atoms with E-state index < -0.39 is 16.0 Å². The minimum Gasteiger partial charge on any atom is -0.480 e. The van der Waals surface area contributed by atoms with E-state index in [1.54, 1.807) is 12.1 Å². The molecule has 0 saturated heterocycles. The zero-order chi connectivity index (χ0) is 10.3. The van der Waals surface area contributed by atoms with E-state index in [0.717, 1.165) is 0 Å². The number of nitrogens with one attached hydrogen (secondary N) is 1. The van der Waals surface area contributed by atoms with Gasteiger partial charge in [-0.25, -0.2) is 0 Å². The highest BCUT2D eigenvalue weighted by molar-refractivity contribution is 14.1. The third kappa shape index (κ3) is 1.46. The van der Waals surface area contributed by atoms with Gasteiger partial charge in [-0.1, -0.05) is 6.07 Å². The van der Waals surface area contributed by atoms with Crippen LogP contribution in [-0.2, 0) is 10.0 Å². The van der Waals surface area contributed by atoms with E-state index in [1.807, 2.05) is 22.6 Å². The molecule has 1 heterocycles. The summed E-state index contributed by atoms with van der Waals surface area (Å²) in [6, 6.07) is 4.20. The molecule has 0 unspecified atom stereocenters. The molecule has 2 rings (SSSR count). The highest BCUT2D eigenvalue weighted by Gasteiger charge is 2.25. The maximum absolute atomic E-state index is 11.4. The minimum absolute atomic E-state index is 0.0854. The molecule has 5 nitrogen and oxygen atoms in total. The lowest BCUT2D eigenvalue weighted by molar-refractivity contribution is 0.546. The second-order valence-electron chi connectivity index (χ2n) is 2.63.